The van der Waals surface area contributed by atoms with Gasteiger partial charge in [-0.15, -0.1) is 11.3 Å². The minimum atomic E-state index is 0.592. The topological polar surface area (TPSA) is 40.6 Å². The van der Waals surface area contributed by atoms with Crippen molar-refractivity contribution in [1.82, 2.24) is 15.2 Å². The van der Waals surface area contributed by atoms with Gasteiger partial charge in [-0.3, -0.25) is 0 Å². The molecule has 1 aliphatic rings. The van der Waals surface area contributed by atoms with Crippen LogP contribution in [-0.2, 0) is 17.9 Å². The minimum absolute atomic E-state index is 0.592. The third kappa shape index (κ3) is 3.69. The van der Waals surface area contributed by atoms with E-state index in [1.807, 2.05) is 7.05 Å². The molecule has 0 spiro atoms. The maximum atomic E-state index is 5.27. The lowest BCUT2D eigenvalue weighted by molar-refractivity contribution is 0.181. The van der Waals surface area contributed by atoms with Crippen LogP contribution in [-0.4, -0.2) is 57.3 Å². The van der Waals surface area contributed by atoms with E-state index in [-0.39, 0.29) is 0 Å². The standard InChI is InChI=1S/C14H26N4OS/c1-15-8-13-12(10-19-4)16-14(20-13)18-7-5-6-11(18)9-17(2)3/h11,15H,5-10H2,1-4H3. The summed E-state index contributed by atoms with van der Waals surface area (Å²) in [6, 6.07) is 0.592. The number of hydrogen-bond acceptors (Lipinski definition) is 6. The van der Waals surface area contributed by atoms with Gasteiger partial charge in [0.05, 0.1) is 12.3 Å². The second-order valence-corrected chi connectivity index (χ2v) is 6.64. The van der Waals surface area contributed by atoms with E-state index in [4.69, 9.17) is 9.72 Å². The highest BCUT2D eigenvalue weighted by molar-refractivity contribution is 7.15. The lowest BCUT2D eigenvalue weighted by Gasteiger charge is -2.26. The van der Waals surface area contributed by atoms with Crippen LogP contribution >= 0.6 is 11.3 Å². The summed E-state index contributed by atoms with van der Waals surface area (Å²) in [5.41, 5.74) is 1.08. The molecule has 1 unspecified atom stereocenters. The van der Waals surface area contributed by atoms with Gasteiger partial charge in [0.2, 0.25) is 0 Å². The first-order valence-electron chi connectivity index (χ1n) is 7.19. The van der Waals surface area contributed by atoms with Crippen LogP contribution in [0.4, 0.5) is 5.13 Å². The van der Waals surface area contributed by atoms with Crippen LogP contribution < -0.4 is 10.2 Å². The predicted molar refractivity (Wildman–Crippen MR) is 84.5 cm³/mol. The number of nitrogens with zero attached hydrogens (tertiary/aromatic N) is 3. The number of likely N-dealkylation sites (N-methyl/N-ethyl adjacent to an activating group) is 1. The van der Waals surface area contributed by atoms with Crippen LogP contribution in [0.1, 0.15) is 23.4 Å². The lowest BCUT2D eigenvalue weighted by Crippen LogP contribution is -2.37. The van der Waals surface area contributed by atoms with Crippen molar-refractivity contribution in [2.75, 3.05) is 46.2 Å². The fourth-order valence-corrected chi connectivity index (χ4v) is 3.91. The third-order valence-electron chi connectivity index (χ3n) is 3.58. The Labute approximate surface area is 125 Å². The number of hydrogen-bond donors (Lipinski definition) is 1. The van der Waals surface area contributed by atoms with E-state index in [0.717, 1.165) is 30.5 Å². The summed E-state index contributed by atoms with van der Waals surface area (Å²) in [5, 5.41) is 4.38. The summed E-state index contributed by atoms with van der Waals surface area (Å²) in [6.45, 7) is 3.68. The van der Waals surface area contributed by atoms with Gasteiger partial charge in [0.25, 0.3) is 0 Å². The second kappa shape index (κ2) is 7.36. The van der Waals surface area contributed by atoms with Gasteiger partial charge in [0, 0.05) is 37.7 Å². The SMILES string of the molecule is CNCc1sc(N2CCCC2CN(C)C)nc1COC. The molecule has 0 radical (unpaired) electrons. The van der Waals surface area contributed by atoms with Gasteiger partial charge in [-0.1, -0.05) is 0 Å². The number of aromatic nitrogens is 1. The average Bonchev–Trinajstić information content (AvgIpc) is 2.97. The number of rotatable bonds is 7. The third-order valence-corrected chi connectivity index (χ3v) is 4.72. The molecule has 1 aliphatic heterocycles. The summed E-state index contributed by atoms with van der Waals surface area (Å²) >= 11 is 1.81. The minimum Gasteiger partial charge on any atom is -0.378 e. The largest absolute Gasteiger partial charge is 0.378 e. The Morgan fingerprint density at radius 2 is 2.30 bits per heavy atom. The molecule has 1 atom stereocenters. The summed E-state index contributed by atoms with van der Waals surface area (Å²) in [4.78, 5) is 10.9. The molecule has 0 saturated carbocycles. The molecule has 1 N–H and O–H groups in total. The summed E-state index contributed by atoms with van der Waals surface area (Å²) in [6.07, 6.45) is 2.53. The molecule has 0 aromatic carbocycles. The average molecular weight is 298 g/mol. The zero-order valence-electron chi connectivity index (χ0n) is 13.0. The van der Waals surface area contributed by atoms with Crippen molar-refractivity contribution >= 4 is 16.5 Å². The van der Waals surface area contributed by atoms with Crippen LogP contribution in [0.2, 0.25) is 0 Å². The van der Waals surface area contributed by atoms with Gasteiger partial charge in [0.1, 0.15) is 0 Å². The summed E-state index contributed by atoms with van der Waals surface area (Å²) < 4.78 is 5.27. The highest BCUT2D eigenvalue weighted by Gasteiger charge is 2.28. The van der Waals surface area contributed by atoms with E-state index in [2.05, 4.69) is 29.2 Å². The van der Waals surface area contributed by atoms with Gasteiger partial charge in [-0.05, 0) is 34.0 Å². The van der Waals surface area contributed by atoms with Crippen molar-refractivity contribution in [1.29, 1.82) is 0 Å². The highest BCUT2D eigenvalue weighted by atomic mass is 32.1. The Morgan fingerprint density at radius 3 is 2.95 bits per heavy atom. The van der Waals surface area contributed by atoms with Crippen molar-refractivity contribution in [3.63, 3.8) is 0 Å². The number of ether oxygens (including phenoxy) is 1. The van der Waals surface area contributed by atoms with E-state index < -0.39 is 0 Å². The van der Waals surface area contributed by atoms with Crippen molar-refractivity contribution < 1.29 is 4.74 Å². The van der Waals surface area contributed by atoms with Gasteiger partial charge in [0.15, 0.2) is 5.13 Å². The van der Waals surface area contributed by atoms with E-state index in [1.165, 1.54) is 17.7 Å². The Hall–Kier alpha value is -0.690. The van der Waals surface area contributed by atoms with Crippen LogP contribution in [0.15, 0.2) is 0 Å². The van der Waals surface area contributed by atoms with Crippen molar-refractivity contribution in [3.05, 3.63) is 10.6 Å². The van der Waals surface area contributed by atoms with E-state index in [0.29, 0.717) is 12.6 Å². The van der Waals surface area contributed by atoms with Crippen molar-refractivity contribution in [3.8, 4) is 0 Å². The zero-order valence-corrected chi connectivity index (χ0v) is 13.8. The van der Waals surface area contributed by atoms with E-state index in [1.54, 1.807) is 18.4 Å². The van der Waals surface area contributed by atoms with Crippen LogP contribution in [0, 0.1) is 0 Å². The zero-order chi connectivity index (χ0) is 14.5. The molecule has 6 heteroatoms. The number of methoxy groups -OCH3 is 1. The molecule has 1 saturated heterocycles. The number of thiazole rings is 1. The Balaban J connectivity index is 2.16. The fraction of sp³-hybridized carbons (Fsp3) is 0.786. The molecular weight excluding hydrogens is 272 g/mol. The monoisotopic (exact) mass is 298 g/mol. The molecule has 2 heterocycles. The fourth-order valence-electron chi connectivity index (χ4n) is 2.74. The smallest absolute Gasteiger partial charge is 0.186 e. The molecule has 20 heavy (non-hydrogen) atoms. The van der Waals surface area contributed by atoms with Gasteiger partial charge < -0.3 is 19.9 Å². The lowest BCUT2D eigenvalue weighted by atomic mass is 10.2. The molecule has 1 aromatic rings. The maximum absolute atomic E-state index is 5.27. The first-order chi connectivity index (χ1) is 9.65. The molecule has 0 amide bonds. The Bertz CT molecular complexity index is 398. The first kappa shape index (κ1) is 15.7. The Kier molecular flexibility index (Phi) is 5.77. The van der Waals surface area contributed by atoms with Gasteiger partial charge in [-0.25, -0.2) is 4.98 Å². The molecule has 0 bridgehead atoms. The van der Waals surface area contributed by atoms with Gasteiger partial charge >= 0.3 is 0 Å². The van der Waals surface area contributed by atoms with Crippen LogP contribution in [0.3, 0.4) is 0 Å². The summed E-state index contributed by atoms with van der Waals surface area (Å²) in [5.74, 6) is 0. The van der Waals surface area contributed by atoms with E-state index >= 15 is 0 Å². The highest BCUT2D eigenvalue weighted by Crippen LogP contribution is 2.32. The normalized spacial score (nSPS) is 19.2. The molecule has 0 aliphatic carbocycles. The quantitative estimate of drug-likeness (QED) is 0.827. The molecule has 114 valence electrons. The van der Waals surface area contributed by atoms with Crippen molar-refractivity contribution in [2.24, 2.45) is 0 Å². The number of anilines is 1. The Morgan fingerprint density at radius 1 is 1.50 bits per heavy atom. The predicted octanol–water partition coefficient (Wildman–Crippen LogP) is 1.54. The van der Waals surface area contributed by atoms with Crippen LogP contribution in [0.5, 0.6) is 0 Å². The number of nitrogens with one attached hydrogen (secondary N) is 1. The maximum Gasteiger partial charge on any atom is 0.186 e. The second-order valence-electron chi connectivity index (χ2n) is 5.58. The molecule has 2 rings (SSSR count). The van der Waals surface area contributed by atoms with E-state index in [9.17, 15) is 0 Å². The molecular formula is C14H26N4OS. The van der Waals surface area contributed by atoms with Crippen molar-refractivity contribution in [2.45, 2.75) is 32.0 Å². The first-order valence-corrected chi connectivity index (χ1v) is 8.00. The van der Waals surface area contributed by atoms with Crippen LogP contribution in [0.25, 0.3) is 0 Å². The molecule has 1 aromatic heterocycles. The molecule has 5 nitrogen and oxygen atoms in total. The van der Waals surface area contributed by atoms with Gasteiger partial charge in [-0.2, -0.15) is 0 Å². The summed E-state index contributed by atoms with van der Waals surface area (Å²) in [7, 11) is 7.98. The molecule has 1 fully saturated rings.